The van der Waals surface area contributed by atoms with Gasteiger partial charge in [0.1, 0.15) is 5.41 Å². The van der Waals surface area contributed by atoms with Gasteiger partial charge in [-0.2, -0.15) is 0 Å². The van der Waals surface area contributed by atoms with Crippen molar-refractivity contribution in [3.8, 4) is 0 Å². The fourth-order valence-electron chi connectivity index (χ4n) is 5.19. The zero-order valence-electron chi connectivity index (χ0n) is 17.1. The van der Waals surface area contributed by atoms with Gasteiger partial charge in [-0.05, 0) is 65.6 Å². The first-order valence-electron chi connectivity index (χ1n) is 10.2. The summed E-state index contributed by atoms with van der Waals surface area (Å²) in [5, 5.41) is 7.29. The van der Waals surface area contributed by atoms with E-state index in [0.717, 1.165) is 26.7 Å². The molecule has 0 radical (unpaired) electrons. The second-order valence-electron chi connectivity index (χ2n) is 8.33. The molecule has 7 heteroatoms. The number of benzene rings is 3. The lowest BCUT2D eigenvalue weighted by atomic mass is 9.59. The number of piperidine rings is 1. The minimum Gasteiger partial charge on any atom is -0.348 e. The van der Waals surface area contributed by atoms with E-state index in [1.54, 1.807) is 18.2 Å². The van der Waals surface area contributed by atoms with Gasteiger partial charge in [-0.25, -0.2) is 0 Å². The van der Waals surface area contributed by atoms with Crippen LogP contribution in [0.25, 0.3) is 0 Å². The van der Waals surface area contributed by atoms with Gasteiger partial charge in [-0.1, -0.05) is 63.4 Å². The number of rotatable bonds is 2. The van der Waals surface area contributed by atoms with Crippen molar-refractivity contribution in [3.05, 3.63) is 97.4 Å². The van der Waals surface area contributed by atoms with Gasteiger partial charge in [0, 0.05) is 32.5 Å². The number of aryl methyl sites for hydroxylation is 1. The summed E-state index contributed by atoms with van der Waals surface area (Å²) < 4.78 is 0.877. The molecule has 0 aliphatic carbocycles. The lowest BCUT2D eigenvalue weighted by Gasteiger charge is -2.46. The maximum absolute atomic E-state index is 13.9. The van der Waals surface area contributed by atoms with Gasteiger partial charge in [0.2, 0.25) is 11.8 Å². The molecule has 1 fully saturated rings. The fourth-order valence-corrected chi connectivity index (χ4v) is 5.94. The third kappa shape index (κ3) is 3.26. The van der Waals surface area contributed by atoms with Crippen LogP contribution in [0.5, 0.6) is 0 Å². The molecule has 32 heavy (non-hydrogen) atoms. The van der Waals surface area contributed by atoms with Crippen molar-refractivity contribution in [2.45, 2.75) is 30.7 Å². The molecule has 4 nitrogen and oxygen atoms in total. The minimum absolute atomic E-state index is 0.111. The van der Waals surface area contributed by atoms with Gasteiger partial charge >= 0.3 is 0 Å². The normalized spacial score (nSPS) is 24.2. The van der Waals surface area contributed by atoms with Crippen LogP contribution in [0.2, 0.25) is 10.0 Å². The van der Waals surface area contributed by atoms with Crippen LogP contribution in [-0.2, 0) is 15.0 Å². The highest BCUT2D eigenvalue weighted by molar-refractivity contribution is 9.10. The highest BCUT2D eigenvalue weighted by atomic mass is 79.9. The number of carbonyl (C=O) groups excluding carboxylic acids is 2. The molecule has 0 unspecified atom stereocenters. The van der Waals surface area contributed by atoms with E-state index in [-0.39, 0.29) is 18.2 Å². The summed E-state index contributed by atoms with van der Waals surface area (Å²) in [6, 6.07) is 18.2. The first-order valence-corrected chi connectivity index (χ1v) is 11.8. The number of hydrogen-bond acceptors (Lipinski definition) is 2. The van der Waals surface area contributed by atoms with Crippen molar-refractivity contribution in [1.29, 1.82) is 0 Å². The predicted molar refractivity (Wildman–Crippen MR) is 130 cm³/mol. The van der Waals surface area contributed by atoms with E-state index in [1.165, 1.54) is 0 Å². The largest absolute Gasteiger partial charge is 0.348 e. The van der Waals surface area contributed by atoms with Crippen molar-refractivity contribution < 1.29 is 9.59 Å². The third-order valence-corrected chi connectivity index (χ3v) is 7.52. The number of fused-ring (bicyclic) bond motifs is 2. The summed E-state index contributed by atoms with van der Waals surface area (Å²) in [6.45, 7) is 1.99. The van der Waals surface area contributed by atoms with Crippen molar-refractivity contribution in [2.24, 2.45) is 0 Å². The van der Waals surface area contributed by atoms with Crippen molar-refractivity contribution in [3.63, 3.8) is 0 Å². The average molecular weight is 530 g/mol. The second-order valence-corrected chi connectivity index (χ2v) is 10.1. The Hall–Kier alpha value is -2.34. The molecule has 0 aromatic heterocycles. The molecule has 3 atom stereocenters. The lowest BCUT2D eigenvalue weighted by molar-refractivity contribution is -0.131. The monoisotopic (exact) mass is 528 g/mol. The van der Waals surface area contributed by atoms with Crippen molar-refractivity contribution in [1.82, 2.24) is 5.32 Å². The maximum Gasteiger partial charge on any atom is 0.238 e. The Morgan fingerprint density at radius 1 is 1.00 bits per heavy atom. The molecule has 1 saturated heterocycles. The first-order chi connectivity index (χ1) is 15.3. The Balaban J connectivity index is 1.83. The lowest BCUT2D eigenvalue weighted by Crippen LogP contribution is -2.57. The van der Waals surface area contributed by atoms with Crippen LogP contribution >= 0.6 is 39.1 Å². The van der Waals surface area contributed by atoms with E-state index in [4.69, 9.17) is 23.2 Å². The molecule has 1 spiro atoms. The average Bonchev–Trinajstić information content (AvgIpc) is 3.02. The molecule has 3 aromatic rings. The van der Waals surface area contributed by atoms with Gasteiger partial charge in [-0.3, -0.25) is 9.59 Å². The van der Waals surface area contributed by atoms with Crippen molar-refractivity contribution in [2.75, 3.05) is 5.32 Å². The fraction of sp³-hybridized carbons (Fsp3) is 0.200. The molecule has 3 aromatic carbocycles. The molecule has 2 aliphatic heterocycles. The summed E-state index contributed by atoms with van der Waals surface area (Å²) in [7, 11) is 0. The summed E-state index contributed by atoms with van der Waals surface area (Å²) in [5.41, 5.74) is 3.15. The Bertz CT molecular complexity index is 1280. The Morgan fingerprint density at radius 2 is 1.78 bits per heavy atom. The van der Waals surface area contributed by atoms with Crippen LogP contribution in [0.4, 0.5) is 5.69 Å². The summed E-state index contributed by atoms with van der Waals surface area (Å²) in [4.78, 5) is 26.9. The van der Waals surface area contributed by atoms with Crippen LogP contribution in [0.15, 0.2) is 65.1 Å². The molecule has 2 heterocycles. The molecule has 2 aliphatic rings. The van der Waals surface area contributed by atoms with Crippen LogP contribution in [0.3, 0.4) is 0 Å². The number of halogens is 3. The van der Waals surface area contributed by atoms with Crippen LogP contribution < -0.4 is 10.6 Å². The highest BCUT2D eigenvalue weighted by Crippen LogP contribution is 2.58. The summed E-state index contributed by atoms with van der Waals surface area (Å²) in [5.74, 6) is -0.690. The number of anilines is 1. The molecule has 2 N–H and O–H groups in total. The van der Waals surface area contributed by atoms with Crippen molar-refractivity contribution >= 4 is 56.6 Å². The van der Waals surface area contributed by atoms with E-state index in [0.29, 0.717) is 15.7 Å². The molecule has 162 valence electrons. The first kappa shape index (κ1) is 21.5. The molecular weight excluding hydrogens is 511 g/mol. The smallest absolute Gasteiger partial charge is 0.238 e. The second kappa shape index (κ2) is 7.91. The topological polar surface area (TPSA) is 58.2 Å². The van der Waals surface area contributed by atoms with Gasteiger partial charge in [0.05, 0.1) is 6.04 Å². The quantitative estimate of drug-likeness (QED) is 0.409. The summed E-state index contributed by atoms with van der Waals surface area (Å²) >= 11 is 16.1. The number of nitrogens with one attached hydrogen (secondary N) is 2. The number of hydrogen-bond donors (Lipinski definition) is 2. The molecule has 2 amide bonds. The highest BCUT2D eigenvalue weighted by Gasteiger charge is 2.61. The van der Waals surface area contributed by atoms with Gasteiger partial charge in [-0.15, -0.1) is 0 Å². The zero-order valence-corrected chi connectivity index (χ0v) is 20.2. The van der Waals surface area contributed by atoms with Gasteiger partial charge < -0.3 is 10.6 Å². The number of carbonyl (C=O) groups is 2. The van der Waals surface area contributed by atoms with Gasteiger partial charge in [0.25, 0.3) is 0 Å². The minimum atomic E-state index is -1.07. The Morgan fingerprint density at radius 3 is 2.56 bits per heavy atom. The van der Waals surface area contributed by atoms with E-state index >= 15 is 0 Å². The Kier molecular flexibility index (Phi) is 5.31. The SMILES string of the molecule is Cc1ccc(Br)cc1[C@H]1NC(=O)C[C@@H](c2cccc(Cl)c2)[C@]12C(=O)Nc1cc(Cl)ccc12. The van der Waals surface area contributed by atoms with E-state index in [1.807, 2.05) is 49.4 Å². The third-order valence-electron chi connectivity index (χ3n) is 6.55. The molecule has 5 rings (SSSR count). The zero-order chi connectivity index (χ0) is 22.6. The maximum atomic E-state index is 13.9. The van der Waals surface area contributed by atoms with Crippen LogP contribution in [0, 0.1) is 6.92 Å². The van der Waals surface area contributed by atoms with Gasteiger partial charge in [0.15, 0.2) is 0 Å². The standard InChI is InChI=1S/C25H19BrCl2N2O2/c1-13-5-6-15(26)10-18(13)23-25(19-8-7-17(28)11-21(19)29-24(25)32)20(12-22(31)30-23)14-3-2-4-16(27)9-14/h2-11,20,23H,12H2,1H3,(H,29,32)(H,30,31)/t20-,23+,25-/m0/s1. The predicted octanol–water partition coefficient (Wildman–Crippen LogP) is 6.30. The van der Waals surface area contributed by atoms with Crippen LogP contribution in [0.1, 0.15) is 40.6 Å². The van der Waals surface area contributed by atoms with E-state index < -0.39 is 17.4 Å². The van der Waals surface area contributed by atoms with E-state index in [2.05, 4.69) is 26.6 Å². The number of amides is 2. The summed E-state index contributed by atoms with van der Waals surface area (Å²) in [6.07, 6.45) is 0.166. The molecule has 0 bridgehead atoms. The molecular formula is C25H19BrCl2N2O2. The molecule has 0 saturated carbocycles. The van der Waals surface area contributed by atoms with Crippen LogP contribution in [-0.4, -0.2) is 11.8 Å². The van der Waals surface area contributed by atoms with E-state index in [9.17, 15) is 9.59 Å². The Labute approximate surface area is 204 Å².